The van der Waals surface area contributed by atoms with Gasteiger partial charge in [-0.05, 0) is 34.5 Å². The van der Waals surface area contributed by atoms with Gasteiger partial charge in [-0.25, -0.2) is 4.98 Å². The average Bonchev–Trinajstić information content (AvgIpc) is 2.19. The average molecular weight is 272 g/mol. The van der Waals surface area contributed by atoms with Crippen molar-refractivity contribution in [3.05, 3.63) is 22.3 Å². The maximum atomic E-state index is 11.3. The zero-order chi connectivity index (χ0) is 11.4. The molecule has 1 amide bonds. The molecular formula is C10H14BrN3O. The van der Waals surface area contributed by atoms with E-state index in [9.17, 15) is 4.79 Å². The topological polar surface area (TPSA) is 45.2 Å². The van der Waals surface area contributed by atoms with Crippen LogP contribution < -0.4 is 5.32 Å². The molecule has 0 bridgehead atoms. The molecule has 0 atom stereocenters. The highest BCUT2D eigenvalue weighted by molar-refractivity contribution is 9.10. The third-order valence-electron chi connectivity index (χ3n) is 1.99. The first-order valence-electron chi connectivity index (χ1n) is 4.57. The van der Waals surface area contributed by atoms with Gasteiger partial charge in [-0.3, -0.25) is 4.79 Å². The van der Waals surface area contributed by atoms with Crippen LogP contribution in [0.1, 0.15) is 5.56 Å². The van der Waals surface area contributed by atoms with Gasteiger partial charge in [-0.1, -0.05) is 0 Å². The largest absolute Gasteiger partial charge is 0.360 e. The molecule has 5 heteroatoms. The summed E-state index contributed by atoms with van der Waals surface area (Å²) in [6.07, 6.45) is 1.71. The fourth-order valence-electron chi connectivity index (χ4n) is 0.981. The van der Waals surface area contributed by atoms with Gasteiger partial charge >= 0.3 is 0 Å². The number of carbonyl (C=O) groups excluding carboxylic acids is 1. The predicted octanol–water partition coefficient (Wildman–Crippen LogP) is 1.65. The quantitative estimate of drug-likeness (QED) is 0.910. The summed E-state index contributed by atoms with van der Waals surface area (Å²) in [5.41, 5.74) is 1.09. The SMILES string of the molecule is Cc1ccnc(NCC(=O)N(C)C)c1Br. The van der Waals surface area contributed by atoms with Gasteiger partial charge in [0, 0.05) is 20.3 Å². The number of hydrogen-bond donors (Lipinski definition) is 1. The van der Waals surface area contributed by atoms with Gasteiger partial charge < -0.3 is 10.2 Å². The van der Waals surface area contributed by atoms with Crippen molar-refractivity contribution < 1.29 is 4.79 Å². The van der Waals surface area contributed by atoms with E-state index in [1.165, 1.54) is 4.90 Å². The molecule has 1 heterocycles. The lowest BCUT2D eigenvalue weighted by atomic mass is 10.3. The highest BCUT2D eigenvalue weighted by Crippen LogP contribution is 2.22. The van der Waals surface area contributed by atoms with Crippen molar-refractivity contribution in [3.8, 4) is 0 Å². The summed E-state index contributed by atoms with van der Waals surface area (Å²) < 4.78 is 0.900. The summed E-state index contributed by atoms with van der Waals surface area (Å²) in [7, 11) is 3.45. The molecule has 0 aliphatic carbocycles. The Balaban J connectivity index is 2.66. The number of anilines is 1. The third-order valence-corrected chi connectivity index (χ3v) is 2.99. The molecule has 0 spiro atoms. The lowest BCUT2D eigenvalue weighted by Crippen LogP contribution is -2.28. The van der Waals surface area contributed by atoms with Crippen molar-refractivity contribution in [1.29, 1.82) is 0 Å². The second kappa shape index (κ2) is 5.11. The van der Waals surface area contributed by atoms with E-state index in [4.69, 9.17) is 0 Å². The van der Waals surface area contributed by atoms with E-state index in [-0.39, 0.29) is 12.5 Å². The van der Waals surface area contributed by atoms with Crippen molar-refractivity contribution >= 4 is 27.7 Å². The smallest absolute Gasteiger partial charge is 0.241 e. The van der Waals surface area contributed by atoms with Gasteiger partial charge in [-0.2, -0.15) is 0 Å². The Hall–Kier alpha value is -1.10. The minimum atomic E-state index is 0.0187. The van der Waals surface area contributed by atoms with Crippen molar-refractivity contribution in [2.75, 3.05) is 26.0 Å². The fraction of sp³-hybridized carbons (Fsp3) is 0.400. The Morgan fingerprint density at radius 3 is 2.87 bits per heavy atom. The Bertz CT molecular complexity index is 366. The summed E-state index contributed by atoms with van der Waals surface area (Å²) in [5.74, 6) is 0.718. The molecule has 4 nitrogen and oxygen atoms in total. The molecule has 0 radical (unpaired) electrons. The minimum Gasteiger partial charge on any atom is -0.360 e. The van der Waals surface area contributed by atoms with Crippen molar-refractivity contribution in [2.45, 2.75) is 6.92 Å². The monoisotopic (exact) mass is 271 g/mol. The molecule has 1 rings (SSSR count). The number of aryl methyl sites for hydroxylation is 1. The van der Waals surface area contributed by atoms with E-state index < -0.39 is 0 Å². The number of pyridine rings is 1. The molecule has 0 aliphatic heterocycles. The maximum Gasteiger partial charge on any atom is 0.241 e. The first kappa shape index (κ1) is 12.0. The van der Waals surface area contributed by atoms with Gasteiger partial charge in [0.05, 0.1) is 11.0 Å². The Labute approximate surface area is 97.8 Å². The number of aromatic nitrogens is 1. The van der Waals surface area contributed by atoms with Crippen molar-refractivity contribution in [2.24, 2.45) is 0 Å². The molecule has 0 aromatic carbocycles. The Kier molecular flexibility index (Phi) is 4.08. The lowest BCUT2D eigenvalue weighted by Gasteiger charge is -2.12. The van der Waals surface area contributed by atoms with Gasteiger partial charge in [0.2, 0.25) is 5.91 Å². The molecule has 15 heavy (non-hydrogen) atoms. The number of hydrogen-bond acceptors (Lipinski definition) is 3. The first-order valence-corrected chi connectivity index (χ1v) is 5.37. The van der Waals surface area contributed by atoms with Crippen LogP contribution in [0.5, 0.6) is 0 Å². The molecule has 0 fully saturated rings. The van der Waals surface area contributed by atoms with Crippen molar-refractivity contribution in [1.82, 2.24) is 9.88 Å². The van der Waals surface area contributed by atoms with Gasteiger partial charge in [0.1, 0.15) is 5.82 Å². The van der Waals surface area contributed by atoms with Gasteiger partial charge in [0.25, 0.3) is 0 Å². The third kappa shape index (κ3) is 3.20. The first-order chi connectivity index (χ1) is 7.02. The number of carbonyl (C=O) groups is 1. The molecule has 1 aromatic heterocycles. The Morgan fingerprint density at radius 2 is 2.27 bits per heavy atom. The molecule has 0 aliphatic rings. The number of amides is 1. The second-order valence-electron chi connectivity index (χ2n) is 3.43. The highest BCUT2D eigenvalue weighted by Gasteiger charge is 2.07. The van der Waals surface area contributed by atoms with Crippen LogP contribution in [0.25, 0.3) is 0 Å². The van der Waals surface area contributed by atoms with Crippen LogP contribution >= 0.6 is 15.9 Å². The summed E-state index contributed by atoms with van der Waals surface area (Å²) in [6, 6.07) is 1.91. The van der Waals surface area contributed by atoms with Gasteiger partial charge in [0.15, 0.2) is 0 Å². The molecule has 1 aromatic rings. The summed E-state index contributed by atoms with van der Waals surface area (Å²) in [5, 5.41) is 2.99. The van der Waals surface area contributed by atoms with Crippen LogP contribution in [0.3, 0.4) is 0 Å². The zero-order valence-electron chi connectivity index (χ0n) is 9.04. The Morgan fingerprint density at radius 1 is 1.60 bits per heavy atom. The zero-order valence-corrected chi connectivity index (χ0v) is 10.6. The molecule has 0 saturated carbocycles. The number of nitrogens with zero attached hydrogens (tertiary/aromatic N) is 2. The van der Waals surface area contributed by atoms with E-state index in [2.05, 4.69) is 26.2 Å². The van der Waals surface area contributed by atoms with Gasteiger partial charge in [-0.15, -0.1) is 0 Å². The number of halogens is 1. The van der Waals surface area contributed by atoms with E-state index in [1.54, 1.807) is 20.3 Å². The second-order valence-corrected chi connectivity index (χ2v) is 4.23. The van der Waals surface area contributed by atoms with Crippen LogP contribution in [0.2, 0.25) is 0 Å². The summed E-state index contributed by atoms with van der Waals surface area (Å²) >= 11 is 3.42. The van der Waals surface area contributed by atoms with Crippen LogP contribution in [-0.4, -0.2) is 36.4 Å². The van der Waals surface area contributed by atoms with E-state index in [1.807, 2.05) is 13.0 Å². The molecular weight excluding hydrogens is 258 g/mol. The fourth-order valence-corrected chi connectivity index (χ4v) is 1.36. The normalized spacial score (nSPS) is 9.87. The molecule has 82 valence electrons. The van der Waals surface area contributed by atoms with Crippen LogP contribution in [0.15, 0.2) is 16.7 Å². The molecule has 0 saturated heterocycles. The number of rotatable bonds is 3. The van der Waals surface area contributed by atoms with Crippen LogP contribution in [-0.2, 0) is 4.79 Å². The van der Waals surface area contributed by atoms with Crippen LogP contribution in [0, 0.1) is 6.92 Å². The van der Waals surface area contributed by atoms with E-state index in [0.717, 1.165) is 10.0 Å². The molecule has 1 N–H and O–H groups in total. The summed E-state index contributed by atoms with van der Waals surface area (Å²) in [6.45, 7) is 2.23. The standard InChI is InChI=1S/C10H14BrN3O/c1-7-4-5-12-10(9(7)11)13-6-8(15)14(2)3/h4-5H,6H2,1-3H3,(H,12,13). The van der Waals surface area contributed by atoms with Crippen molar-refractivity contribution in [3.63, 3.8) is 0 Å². The predicted molar refractivity (Wildman–Crippen MR) is 63.9 cm³/mol. The minimum absolute atomic E-state index is 0.0187. The lowest BCUT2D eigenvalue weighted by molar-refractivity contribution is -0.126. The molecule has 0 unspecified atom stereocenters. The maximum absolute atomic E-state index is 11.3. The van der Waals surface area contributed by atoms with E-state index >= 15 is 0 Å². The number of likely N-dealkylation sites (N-methyl/N-ethyl adjacent to an activating group) is 1. The summed E-state index contributed by atoms with van der Waals surface area (Å²) in [4.78, 5) is 17.0. The van der Waals surface area contributed by atoms with Crippen LogP contribution in [0.4, 0.5) is 5.82 Å². The number of nitrogens with one attached hydrogen (secondary N) is 1. The van der Waals surface area contributed by atoms with E-state index in [0.29, 0.717) is 5.82 Å². The highest BCUT2D eigenvalue weighted by atomic mass is 79.9.